The summed E-state index contributed by atoms with van der Waals surface area (Å²) in [4.78, 5) is 27.2. The SMILES string of the molecule is CCCCC(CC)COC(=O)C(C)(C(C)(C)C)C(C)(C)C(C)(C)CC(C)(C(=O)OC)C(C)(C)CC. The minimum Gasteiger partial charge on any atom is -0.469 e. The zero-order chi connectivity index (χ0) is 28.1. The van der Waals surface area contributed by atoms with E-state index in [4.69, 9.17) is 9.47 Å². The van der Waals surface area contributed by atoms with Crippen molar-refractivity contribution >= 4 is 11.9 Å². The summed E-state index contributed by atoms with van der Waals surface area (Å²) in [6.45, 7) is 30.5. The molecule has 3 atom stereocenters. The van der Waals surface area contributed by atoms with Gasteiger partial charge in [-0.05, 0) is 60.7 Å². The van der Waals surface area contributed by atoms with Gasteiger partial charge in [0.1, 0.15) is 0 Å². The van der Waals surface area contributed by atoms with Crippen molar-refractivity contribution in [2.75, 3.05) is 13.7 Å². The molecule has 208 valence electrons. The number of ether oxygens (including phenoxy) is 2. The number of unbranched alkanes of at least 4 members (excludes halogenated alkanes) is 1. The molecule has 0 spiro atoms. The number of carbonyl (C=O) groups is 2. The summed E-state index contributed by atoms with van der Waals surface area (Å²) in [5, 5.41) is 0. The van der Waals surface area contributed by atoms with Crippen LogP contribution in [0.25, 0.3) is 0 Å². The predicted molar refractivity (Wildman–Crippen MR) is 148 cm³/mol. The molecule has 0 aromatic heterocycles. The smallest absolute Gasteiger partial charge is 0.312 e. The van der Waals surface area contributed by atoms with Crippen molar-refractivity contribution in [3.8, 4) is 0 Å². The first-order valence-electron chi connectivity index (χ1n) is 13.9. The Morgan fingerprint density at radius 1 is 0.771 bits per heavy atom. The van der Waals surface area contributed by atoms with Gasteiger partial charge in [0.05, 0.1) is 24.5 Å². The molecular formula is C31H60O4. The van der Waals surface area contributed by atoms with E-state index in [0.717, 1.165) is 32.1 Å². The third-order valence-electron chi connectivity index (χ3n) is 10.7. The Labute approximate surface area is 218 Å². The van der Waals surface area contributed by atoms with Crippen molar-refractivity contribution in [2.45, 2.75) is 135 Å². The first kappa shape index (κ1) is 33.9. The topological polar surface area (TPSA) is 52.6 Å². The van der Waals surface area contributed by atoms with Crippen LogP contribution < -0.4 is 0 Å². The number of hydrogen-bond acceptors (Lipinski definition) is 4. The molecule has 0 bridgehead atoms. The molecule has 0 heterocycles. The van der Waals surface area contributed by atoms with E-state index in [-0.39, 0.29) is 28.2 Å². The van der Waals surface area contributed by atoms with E-state index in [0.29, 0.717) is 18.9 Å². The summed E-state index contributed by atoms with van der Waals surface area (Å²) in [6, 6.07) is 0. The Morgan fingerprint density at radius 3 is 1.66 bits per heavy atom. The van der Waals surface area contributed by atoms with Gasteiger partial charge in [-0.3, -0.25) is 9.59 Å². The van der Waals surface area contributed by atoms with Crippen molar-refractivity contribution in [1.29, 1.82) is 0 Å². The van der Waals surface area contributed by atoms with Crippen LogP contribution in [0.1, 0.15) is 135 Å². The van der Waals surface area contributed by atoms with E-state index in [1.54, 1.807) is 0 Å². The summed E-state index contributed by atoms with van der Waals surface area (Å²) in [6.07, 6.45) is 5.86. The number of carbonyl (C=O) groups excluding carboxylic acids is 2. The molecular weight excluding hydrogens is 436 g/mol. The van der Waals surface area contributed by atoms with Crippen LogP contribution in [0, 0.1) is 38.4 Å². The third-order valence-corrected chi connectivity index (χ3v) is 10.7. The zero-order valence-electron chi connectivity index (χ0n) is 26.2. The van der Waals surface area contributed by atoms with Crippen LogP contribution in [0.3, 0.4) is 0 Å². The summed E-state index contributed by atoms with van der Waals surface area (Å²) in [5.41, 5.74) is -2.96. The Hall–Kier alpha value is -1.06. The molecule has 0 aliphatic rings. The lowest BCUT2D eigenvalue weighted by molar-refractivity contribution is -0.193. The average molecular weight is 497 g/mol. The molecule has 0 N–H and O–H groups in total. The second-order valence-electron chi connectivity index (χ2n) is 14.1. The van der Waals surface area contributed by atoms with Gasteiger partial charge >= 0.3 is 11.9 Å². The Bertz CT molecular complexity index is 697. The number of hydrogen-bond donors (Lipinski definition) is 0. The minimum atomic E-state index is -0.778. The molecule has 4 heteroatoms. The molecule has 0 aliphatic carbocycles. The number of esters is 2. The molecule has 35 heavy (non-hydrogen) atoms. The molecule has 0 aliphatic heterocycles. The molecule has 0 aromatic rings. The van der Waals surface area contributed by atoms with Gasteiger partial charge < -0.3 is 9.47 Å². The van der Waals surface area contributed by atoms with Crippen molar-refractivity contribution in [3.05, 3.63) is 0 Å². The Kier molecular flexibility index (Phi) is 11.6. The van der Waals surface area contributed by atoms with Crippen molar-refractivity contribution < 1.29 is 19.1 Å². The molecule has 4 nitrogen and oxygen atoms in total. The maximum absolute atomic E-state index is 14.0. The quantitative estimate of drug-likeness (QED) is 0.225. The highest BCUT2D eigenvalue weighted by Gasteiger charge is 2.63. The Morgan fingerprint density at radius 2 is 1.29 bits per heavy atom. The summed E-state index contributed by atoms with van der Waals surface area (Å²) in [5.74, 6) is 0.0785. The number of rotatable bonds is 14. The van der Waals surface area contributed by atoms with Gasteiger partial charge in [-0.2, -0.15) is 0 Å². The molecule has 0 amide bonds. The van der Waals surface area contributed by atoms with Crippen LogP contribution in [0.5, 0.6) is 0 Å². The van der Waals surface area contributed by atoms with E-state index in [9.17, 15) is 9.59 Å². The average Bonchev–Trinajstić information content (AvgIpc) is 2.76. The van der Waals surface area contributed by atoms with Crippen LogP contribution >= 0.6 is 0 Å². The van der Waals surface area contributed by atoms with E-state index in [1.165, 1.54) is 7.11 Å². The normalized spacial score (nSPS) is 17.8. The standard InChI is InChI=1S/C31H60O4/c1-16-19-20-23(17-2)21-35-25(33)31(14,26(4,5)6)29(11,12)28(9,10)22-30(13,24(32)34-15)27(7,8)18-3/h23H,16-22H2,1-15H3. The highest BCUT2D eigenvalue weighted by Crippen LogP contribution is 2.64. The molecule has 0 radical (unpaired) electrons. The molecule has 0 saturated heterocycles. The largest absolute Gasteiger partial charge is 0.469 e. The number of methoxy groups -OCH3 is 1. The van der Waals surface area contributed by atoms with Gasteiger partial charge in [-0.15, -0.1) is 0 Å². The lowest BCUT2D eigenvalue weighted by atomic mass is 9.44. The van der Waals surface area contributed by atoms with Crippen molar-refractivity contribution in [1.82, 2.24) is 0 Å². The van der Waals surface area contributed by atoms with Crippen LogP contribution in [0.15, 0.2) is 0 Å². The van der Waals surface area contributed by atoms with Crippen LogP contribution in [0.2, 0.25) is 0 Å². The van der Waals surface area contributed by atoms with Crippen molar-refractivity contribution in [3.63, 3.8) is 0 Å². The molecule has 0 saturated carbocycles. The van der Waals surface area contributed by atoms with Crippen LogP contribution in [0.4, 0.5) is 0 Å². The maximum atomic E-state index is 14.0. The van der Waals surface area contributed by atoms with Gasteiger partial charge in [0, 0.05) is 0 Å². The van der Waals surface area contributed by atoms with E-state index < -0.39 is 16.2 Å². The van der Waals surface area contributed by atoms with Gasteiger partial charge in [0.15, 0.2) is 0 Å². The Balaban J connectivity index is 6.45. The van der Waals surface area contributed by atoms with Gasteiger partial charge in [-0.1, -0.05) is 102 Å². The second-order valence-corrected chi connectivity index (χ2v) is 14.1. The molecule has 3 unspecified atom stereocenters. The first-order valence-corrected chi connectivity index (χ1v) is 13.9. The minimum absolute atomic E-state index is 0.132. The first-order chi connectivity index (χ1) is 15.7. The van der Waals surface area contributed by atoms with Crippen LogP contribution in [-0.4, -0.2) is 25.7 Å². The lowest BCUT2D eigenvalue weighted by Gasteiger charge is -2.59. The third kappa shape index (κ3) is 6.63. The van der Waals surface area contributed by atoms with Gasteiger partial charge in [-0.25, -0.2) is 0 Å². The fourth-order valence-corrected chi connectivity index (χ4v) is 5.72. The maximum Gasteiger partial charge on any atom is 0.312 e. The fraction of sp³-hybridized carbons (Fsp3) is 0.935. The van der Waals surface area contributed by atoms with E-state index in [1.807, 2.05) is 6.92 Å². The summed E-state index contributed by atoms with van der Waals surface area (Å²) < 4.78 is 11.5. The second kappa shape index (κ2) is 12.0. The molecule has 0 fully saturated rings. The van der Waals surface area contributed by atoms with E-state index in [2.05, 4.69) is 90.0 Å². The van der Waals surface area contributed by atoms with Crippen LogP contribution in [-0.2, 0) is 19.1 Å². The van der Waals surface area contributed by atoms with Gasteiger partial charge in [0.25, 0.3) is 0 Å². The lowest BCUT2D eigenvalue weighted by Crippen LogP contribution is -2.59. The fourth-order valence-electron chi connectivity index (χ4n) is 5.72. The highest BCUT2D eigenvalue weighted by molar-refractivity contribution is 5.79. The molecule has 0 aromatic carbocycles. The highest BCUT2D eigenvalue weighted by atomic mass is 16.5. The van der Waals surface area contributed by atoms with Crippen molar-refractivity contribution in [2.24, 2.45) is 38.4 Å². The van der Waals surface area contributed by atoms with E-state index >= 15 is 0 Å². The molecule has 0 rings (SSSR count). The van der Waals surface area contributed by atoms with Gasteiger partial charge in [0.2, 0.25) is 0 Å². The predicted octanol–water partition coefficient (Wildman–Crippen LogP) is 8.86. The monoisotopic (exact) mass is 496 g/mol. The zero-order valence-corrected chi connectivity index (χ0v) is 26.2. The summed E-state index contributed by atoms with van der Waals surface area (Å²) in [7, 11) is 1.48. The summed E-state index contributed by atoms with van der Waals surface area (Å²) >= 11 is 0.